The molecule has 0 fully saturated rings. The van der Waals surface area contributed by atoms with Crippen LogP contribution in [0, 0.1) is 0 Å². The van der Waals surface area contributed by atoms with Crippen LogP contribution in [0.25, 0.3) is 0 Å². The monoisotopic (exact) mass is 239 g/mol. The van der Waals surface area contributed by atoms with Crippen LogP contribution < -0.4 is 0 Å². The van der Waals surface area contributed by atoms with Crippen molar-refractivity contribution in [2.75, 3.05) is 0 Å². The Morgan fingerprint density at radius 1 is 1.00 bits per heavy atom. The summed E-state index contributed by atoms with van der Waals surface area (Å²) in [4.78, 5) is 3.95. The van der Waals surface area contributed by atoms with Crippen molar-refractivity contribution in [3.05, 3.63) is 42.6 Å². The Morgan fingerprint density at radius 3 is 2.47 bits per heavy atom. The molecule has 5 nitrogen and oxygen atoms in total. The molecule has 0 saturated carbocycles. The van der Waals surface area contributed by atoms with Crippen LogP contribution >= 0.6 is 0 Å². The van der Waals surface area contributed by atoms with Gasteiger partial charge in [-0.3, -0.25) is 0 Å². The van der Waals surface area contributed by atoms with Crippen LogP contribution in [0.15, 0.2) is 52.8 Å². The van der Waals surface area contributed by atoms with E-state index in [4.69, 9.17) is 5.11 Å². The van der Waals surface area contributed by atoms with Gasteiger partial charge >= 0.3 is 29.6 Å². The van der Waals surface area contributed by atoms with Crippen LogP contribution in [0.1, 0.15) is 0 Å². The van der Waals surface area contributed by atoms with E-state index in [2.05, 4.69) is 15.2 Å². The fourth-order valence-electron chi connectivity index (χ4n) is 1.11. The predicted octanol–water partition coefficient (Wildman–Crippen LogP) is 2.26. The van der Waals surface area contributed by atoms with Gasteiger partial charge in [-0.25, -0.2) is 4.98 Å². The van der Waals surface area contributed by atoms with E-state index in [1.54, 1.807) is 24.4 Å². The topological polar surface area (TPSA) is 78.1 Å². The molecular weight excluding hydrogens is 229 g/mol. The van der Waals surface area contributed by atoms with Crippen molar-refractivity contribution in [2.24, 2.45) is 10.2 Å². The Bertz CT molecular complexity index is 517. The minimum absolute atomic E-state index is 0. The third-order valence-corrected chi connectivity index (χ3v) is 1.87. The Hall–Kier alpha value is -1.43. The summed E-state index contributed by atoms with van der Waals surface area (Å²) in [7, 11) is 0. The van der Waals surface area contributed by atoms with Gasteiger partial charge in [0.05, 0.1) is 0 Å². The number of pyridine rings is 1. The summed E-state index contributed by atoms with van der Waals surface area (Å²) in [5.74, 6) is 0.309. The Labute approximate surface area is 120 Å². The number of aromatic hydroxyl groups is 2. The van der Waals surface area contributed by atoms with E-state index in [9.17, 15) is 5.11 Å². The molecule has 0 aliphatic carbocycles. The van der Waals surface area contributed by atoms with Gasteiger partial charge < -0.3 is 10.2 Å². The van der Waals surface area contributed by atoms with Crippen molar-refractivity contribution in [3.63, 3.8) is 0 Å². The predicted molar refractivity (Wildman–Crippen MR) is 65.3 cm³/mol. The number of nitrogens with zero attached hydrogens (tertiary/aromatic N) is 3. The minimum atomic E-state index is -0.125. The number of aromatic nitrogens is 1. The van der Waals surface area contributed by atoms with E-state index in [0.717, 1.165) is 0 Å². The molecule has 2 rings (SSSR count). The second kappa shape index (κ2) is 6.34. The fourth-order valence-corrected chi connectivity index (χ4v) is 1.11. The zero-order chi connectivity index (χ0) is 11.4. The molecule has 0 aliphatic heterocycles. The standard InChI is InChI=1S/C11H9N3O2.Na.H/c15-8-4-5-9(10(16)7-8)13-14-11-3-1-2-6-12-11;;/h1-7,15-16H;;/b14-13+;;. The summed E-state index contributed by atoms with van der Waals surface area (Å²) in [5, 5.41) is 26.2. The molecule has 17 heavy (non-hydrogen) atoms. The summed E-state index contributed by atoms with van der Waals surface area (Å²) >= 11 is 0. The number of phenols is 2. The maximum absolute atomic E-state index is 9.44. The molecule has 0 aliphatic rings. The molecule has 0 unspecified atom stereocenters. The molecule has 0 spiro atoms. The Morgan fingerprint density at radius 2 is 1.82 bits per heavy atom. The van der Waals surface area contributed by atoms with Crippen LogP contribution in [0.5, 0.6) is 11.5 Å². The molecule has 82 valence electrons. The van der Waals surface area contributed by atoms with Crippen LogP contribution in [-0.2, 0) is 0 Å². The van der Waals surface area contributed by atoms with E-state index in [1.807, 2.05) is 0 Å². The molecule has 0 atom stereocenters. The van der Waals surface area contributed by atoms with Gasteiger partial charge in [0, 0.05) is 12.3 Å². The number of phenolic OH excluding ortho intramolecular Hbond substituents is 2. The maximum atomic E-state index is 9.44. The van der Waals surface area contributed by atoms with E-state index >= 15 is 0 Å². The number of hydrogen-bond acceptors (Lipinski definition) is 5. The molecule has 1 heterocycles. The second-order valence-electron chi connectivity index (χ2n) is 3.06. The van der Waals surface area contributed by atoms with Crippen LogP contribution in [0.3, 0.4) is 0 Å². The molecule has 0 saturated heterocycles. The fraction of sp³-hybridized carbons (Fsp3) is 0. The third-order valence-electron chi connectivity index (χ3n) is 1.87. The molecule has 1 aromatic carbocycles. The van der Waals surface area contributed by atoms with Crippen molar-refractivity contribution in [1.29, 1.82) is 0 Å². The van der Waals surface area contributed by atoms with Crippen LogP contribution in [0.2, 0.25) is 0 Å². The average molecular weight is 239 g/mol. The van der Waals surface area contributed by atoms with Gasteiger partial charge in [-0.1, -0.05) is 6.07 Å². The van der Waals surface area contributed by atoms with Crippen LogP contribution in [-0.4, -0.2) is 44.8 Å². The normalized spacial score (nSPS) is 10.1. The average Bonchev–Trinajstić information content (AvgIpc) is 2.29. The molecule has 0 radical (unpaired) electrons. The van der Waals surface area contributed by atoms with Crippen molar-refractivity contribution < 1.29 is 10.2 Å². The summed E-state index contributed by atoms with van der Waals surface area (Å²) in [6.45, 7) is 0. The summed E-state index contributed by atoms with van der Waals surface area (Å²) < 4.78 is 0. The zero-order valence-electron chi connectivity index (χ0n) is 8.28. The molecule has 6 heteroatoms. The van der Waals surface area contributed by atoms with Gasteiger partial charge in [-0.2, -0.15) is 0 Å². The number of hydrogen-bond donors (Lipinski definition) is 2. The van der Waals surface area contributed by atoms with Gasteiger partial charge in [0.2, 0.25) is 0 Å². The van der Waals surface area contributed by atoms with Crippen molar-refractivity contribution in [3.8, 4) is 11.5 Å². The summed E-state index contributed by atoms with van der Waals surface area (Å²) in [5.41, 5.74) is 0.281. The van der Waals surface area contributed by atoms with Gasteiger partial charge in [0.25, 0.3) is 0 Å². The number of azo groups is 1. The molecule has 2 N–H and O–H groups in total. The third kappa shape index (κ3) is 3.81. The Kier molecular flexibility index (Phi) is 5.09. The molecule has 0 amide bonds. The van der Waals surface area contributed by atoms with Crippen LogP contribution in [0.4, 0.5) is 11.5 Å². The van der Waals surface area contributed by atoms with E-state index < -0.39 is 0 Å². The summed E-state index contributed by atoms with van der Waals surface area (Å²) in [6.07, 6.45) is 1.60. The van der Waals surface area contributed by atoms with Crippen molar-refractivity contribution >= 4 is 41.1 Å². The van der Waals surface area contributed by atoms with Gasteiger partial charge in [0.1, 0.15) is 17.2 Å². The van der Waals surface area contributed by atoms with Crippen molar-refractivity contribution in [1.82, 2.24) is 4.98 Å². The van der Waals surface area contributed by atoms with Gasteiger partial charge in [0.15, 0.2) is 5.82 Å². The van der Waals surface area contributed by atoms with E-state index in [-0.39, 0.29) is 46.7 Å². The first-order valence-electron chi connectivity index (χ1n) is 4.60. The molecule has 1 aromatic heterocycles. The van der Waals surface area contributed by atoms with Gasteiger partial charge in [-0.15, -0.1) is 10.2 Å². The van der Waals surface area contributed by atoms with E-state index in [0.29, 0.717) is 5.82 Å². The first-order chi connectivity index (χ1) is 7.75. The second-order valence-corrected chi connectivity index (χ2v) is 3.06. The number of rotatable bonds is 2. The van der Waals surface area contributed by atoms with E-state index in [1.165, 1.54) is 18.2 Å². The van der Waals surface area contributed by atoms with Gasteiger partial charge in [-0.05, 0) is 24.3 Å². The van der Waals surface area contributed by atoms with Crippen molar-refractivity contribution in [2.45, 2.75) is 0 Å². The molecule has 0 bridgehead atoms. The first-order valence-corrected chi connectivity index (χ1v) is 4.60. The molecule has 2 aromatic rings. The quantitative estimate of drug-likeness (QED) is 0.623. The summed E-state index contributed by atoms with van der Waals surface area (Å²) in [6, 6.07) is 9.35. The molecular formula is C11H10N3NaO2. The zero-order valence-corrected chi connectivity index (χ0v) is 8.28. The SMILES string of the molecule is Oc1ccc(/N=N/c2ccccn2)c(O)c1.[NaH]. The Balaban J connectivity index is 0.00000144. The number of benzene rings is 1. The first kappa shape index (κ1) is 13.6.